The molecule has 9 heteroatoms. The molecular weight excluding hydrogens is 378 g/mol. The first kappa shape index (κ1) is 22.4. The molecule has 1 unspecified atom stereocenters. The minimum absolute atomic E-state index is 0.0652. The molecule has 1 aliphatic rings. The van der Waals surface area contributed by atoms with Gasteiger partial charge < -0.3 is 20.0 Å². The summed E-state index contributed by atoms with van der Waals surface area (Å²) in [7, 11) is 0. The van der Waals surface area contributed by atoms with Crippen molar-refractivity contribution in [1.29, 1.82) is 0 Å². The first-order chi connectivity index (χ1) is 13.6. The highest BCUT2D eigenvalue weighted by Crippen LogP contribution is 2.41. The van der Waals surface area contributed by atoms with E-state index >= 15 is 0 Å². The number of phenolic OH excluding ortho intramolecular Hbond substituents is 1. The van der Waals surface area contributed by atoms with Crippen LogP contribution in [-0.4, -0.2) is 62.8 Å². The van der Waals surface area contributed by atoms with Crippen LogP contribution < -0.4 is 0 Å². The van der Waals surface area contributed by atoms with Gasteiger partial charge in [-0.3, -0.25) is 19.7 Å². The second kappa shape index (κ2) is 9.04. The van der Waals surface area contributed by atoms with Crippen LogP contribution in [0.25, 0.3) is 0 Å². The van der Waals surface area contributed by atoms with E-state index in [2.05, 4.69) is 4.90 Å². The number of phenols is 1. The Labute approximate surface area is 169 Å². The highest BCUT2D eigenvalue weighted by Gasteiger charge is 2.44. The van der Waals surface area contributed by atoms with Crippen molar-refractivity contribution in [1.82, 2.24) is 9.80 Å². The van der Waals surface area contributed by atoms with E-state index in [1.54, 1.807) is 13.8 Å². The van der Waals surface area contributed by atoms with Crippen molar-refractivity contribution in [3.05, 3.63) is 45.2 Å². The molecule has 0 aromatic heterocycles. The number of hydrogen-bond donors (Lipinski definition) is 2. The summed E-state index contributed by atoms with van der Waals surface area (Å²) in [5, 5.41) is 31.5. The van der Waals surface area contributed by atoms with E-state index in [1.165, 1.54) is 11.0 Å². The van der Waals surface area contributed by atoms with Crippen LogP contribution in [0.5, 0.6) is 5.75 Å². The molecule has 1 aromatic rings. The highest BCUT2D eigenvalue weighted by molar-refractivity contribution is 6.09. The Hall–Kier alpha value is -2.94. The van der Waals surface area contributed by atoms with Gasteiger partial charge >= 0.3 is 5.69 Å². The number of aromatic hydroxyl groups is 1. The van der Waals surface area contributed by atoms with Crippen LogP contribution in [-0.2, 0) is 9.59 Å². The first-order valence-electron chi connectivity index (χ1n) is 9.61. The van der Waals surface area contributed by atoms with E-state index in [0.29, 0.717) is 6.54 Å². The highest BCUT2D eigenvalue weighted by atomic mass is 16.6. The van der Waals surface area contributed by atoms with E-state index in [9.17, 15) is 29.9 Å². The molecule has 1 atom stereocenters. The average Bonchev–Trinajstić information content (AvgIpc) is 2.93. The van der Waals surface area contributed by atoms with Gasteiger partial charge in [0.05, 0.1) is 16.5 Å². The monoisotopic (exact) mass is 405 g/mol. The fourth-order valence-electron chi connectivity index (χ4n) is 3.44. The van der Waals surface area contributed by atoms with Gasteiger partial charge in [-0.25, -0.2) is 0 Å². The lowest BCUT2D eigenvalue weighted by molar-refractivity contribution is -0.385. The minimum atomic E-state index is -0.952. The predicted octanol–water partition coefficient (Wildman–Crippen LogP) is 2.56. The van der Waals surface area contributed by atoms with Gasteiger partial charge in [-0.15, -0.1) is 0 Å². The van der Waals surface area contributed by atoms with Crippen LogP contribution in [0.1, 0.15) is 39.3 Å². The Kier molecular flexibility index (Phi) is 6.97. The summed E-state index contributed by atoms with van der Waals surface area (Å²) in [5.41, 5.74) is -0.304. The topological polar surface area (TPSA) is 124 Å². The summed E-state index contributed by atoms with van der Waals surface area (Å²) >= 11 is 0. The summed E-state index contributed by atoms with van der Waals surface area (Å²) < 4.78 is 0. The molecule has 0 radical (unpaired) electrons. The zero-order valence-electron chi connectivity index (χ0n) is 17.1. The number of likely N-dealkylation sites (N-methyl/N-ethyl adjacent to an activating group) is 1. The lowest BCUT2D eigenvalue weighted by Gasteiger charge is -2.29. The van der Waals surface area contributed by atoms with Crippen molar-refractivity contribution in [3.8, 4) is 5.75 Å². The quantitative estimate of drug-likeness (QED) is 0.478. The molecule has 1 aromatic carbocycles. The molecule has 2 rings (SSSR count). The Bertz CT molecular complexity index is 845. The number of hydrogen-bond acceptors (Lipinski definition) is 7. The van der Waals surface area contributed by atoms with Crippen LogP contribution in [0.15, 0.2) is 29.5 Å². The Morgan fingerprint density at radius 1 is 1.28 bits per heavy atom. The summed E-state index contributed by atoms with van der Waals surface area (Å²) in [6, 6.07) is 2.78. The van der Waals surface area contributed by atoms with Crippen molar-refractivity contribution < 1.29 is 24.7 Å². The van der Waals surface area contributed by atoms with Gasteiger partial charge in [0.2, 0.25) is 0 Å². The normalized spacial score (nSPS) is 17.0. The zero-order chi connectivity index (χ0) is 21.9. The molecule has 0 saturated heterocycles. The standard InChI is InChI=1S/C20H27N3O6/c1-5-21(6-2)9-10-22-17(13-7-8-15(24)14(11-13)23(28)29)16(18(25)12(3)4)19(26)20(22)27/h7-8,11-12,17,24,26H,5-6,9-10H2,1-4H3. The lowest BCUT2D eigenvalue weighted by Crippen LogP contribution is -2.38. The molecule has 9 nitrogen and oxygen atoms in total. The number of ketones is 1. The Balaban J connectivity index is 2.55. The molecule has 29 heavy (non-hydrogen) atoms. The van der Waals surface area contributed by atoms with Gasteiger partial charge in [0.1, 0.15) is 0 Å². The maximum Gasteiger partial charge on any atom is 0.311 e. The summed E-state index contributed by atoms with van der Waals surface area (Å²) in [6.07, 6.45) is 0. The smallest absolute Gasteiger partial charge is 0.311 e. The van der Waals surface area contributed by atoms with Crippen molar-refractivity contribution in [3.63, 3.8) is 0 Å². The number of benzene rings is 1. The van der Waals surface area contributed by atoms with Crippen molar-refractivity contribution in [2.45, 2.75) is 33.7 Å². The van der Waals surface area contributed by atoms with E-state index in [0.717, 1.165) is 25.2 Å². The Morgan fingerprint density at radius 2 is 1.90 bits per heavy atom. The van der Waals surface area contributed by atoms with E-state index in [4.69, 9.17) is 0 Å². The molecule has 0 saturated carbocycles. The molecule has 1 heterocycles. The van der Waals surface area contributed by atoms with Crippen LogP contribution in [0.2, 0.25) is 0 Å². The number of amides is 1. The molecule has 2 N–H and O–H groups in total. The van der Waals surface area contributed by atoms with Crippen molar-refractivity contribution >= 4 is 17.4 Å². The maximum atomic E-state index is 12.8. The van der Waals surface area contributed by atoms with Crippen LogP contribution >= 0.6 is 0 Å². The number of aliphatic hydroxyl groups excluding tert-OH is 1. The molecule has 0 fully saturated rings. The van der Waals surface area contributed by atoms with Gasteiger partial charge in [0, 0.05) is 25.1 Å². The molecule has 158 valence electrons. The van der Waals surface area contributed by atoms with Gasteiger partial charge in [-0.05, 0) is 24.7 Å². The number of Topliss-reactive ketones (excluding diaryl/α,β-unsaturated/α-hetero) is 1. The summed E-state index contributed by atoms with van der Waals surface area (Å²) in [6.45, 7) is 9.57. The van der Waals surface area contributed by atoms with E-state index in [1.807, 2.05) is 13.8 Å². The first-order valence-corrected chi connectivity index (χ1v) is 9.61. The summed E-state index contributed by atoms with van der Waals surface area (Å²) in [5.74, 6) is -2.69. The fourth-order valence-corrected chi connectivity index (χ4v) is 3.44. The third-order valence-corrected chi connectivity index (χ3v) is 5.16. The number of carbonyl (C=O) groups is 2. The largest absolute Gasteiger partial charge is 0.503 e. The SMILES string of the molecule is CCN(CC)CCN1C(=O)C(O)=C(C(=O)C(C)C)C1c1ccc(O)c([N+](=O)[O-])c1. The molecule has 0 bridgehead atoms. The third-order valence-electron chi connectivity index (χ3n) is 5.16. The Morgan fingerprint density at radius 3 is 2.41 bits per heavy atom. The number of nitro benzene ring substituents is 1. The van der Waals surface area contributed by atoms with Gasteiger partial charge in [-0.2, -0.15) is 0 Å². The maximum absolute atomic E-state index is 12.8. The molecule has 1 amide bonds. The van der Waals surface area contributed by atoms with Gasteiger partial charge in [0.25, 0.3) is 5.91 Å². The van der Waals surface area contributed by atoms with Gasteiger partial charge in [0.15, 0.2) is 17.3 Å². The van der Waals surface area contributed by atoms with Gasteiger partial charge in [-0.1, -0.05) is 33.8 Å². The van der Waals surface area contributed by atoms with Crippen LogP contribution in [0.3, 0.4) is 0 Å². The third kappa shape index (κ3) is 4.40. The van der Waals surface area contributed by atoms with E-state index in [-0.39, 0.29) is 17.7 Å². The molecule has 1 aliphatic heterocycles. The average molecular weight is 405 g/mol. The van der Waals surface area contributed by atoms with Crippen LogP contribution in [0, 0.1) is 16.0 Å². The van der Waals surface area contributed by atoms with Crippen molar-refractivity contribution in [2.24, 2.45) is 5.92 Å². The van der Waals surface area contributed by atoms with E-state index < -0.39 is 45.8 Å². The van der Waals surface area contributed by atoms with Crippen molar-refractivity contribution in [2.75, 3.05) is 26.2 Å². The van der Waals surface area contributed by atoms with Crippen LogP contribution in [0.4, 0.5) is 5.69 Å². The summed E-state index contributed by atoms with van der Waals surface area (Å²) in [4.78, 5) is 39.5. The lowest BCUT2D eigenvalue weighted by atomic mass is 9.91. The molecule has 0 spiro atoms. The number of nitro groups is 1. The number of aliphatic hydroxyl groups is 1. The minimum Gasteiger partial charge on any atom is -0.503 e. The molecular formula is C20H27N3O6. The number of nitrogens with zero attached hydrogens (tertiary/aromatic N) is 3. The number of rotatable bonds is 9. The second-order valence-electron chi connectivity index (χ2n) is 7.21. The molecule has 0 aliphatic carbocycles. The number of carbonyl (C=O) groups excluding carboxylic acids is 2. The zero-order valence-corrected chi connectivity index (χ0v) is 17.1. The fraction of sp³-hybridized carbons (Fsp3) is 0.500. The second-order valence-corrected chi connectivity index (χ2v) is 7.21. The predicted molar refractivity (Wildman–Crippen MR) is 107 cm³/mol.